The lowest BCUT2D eigenvalue weighted by atomic mass is 10.1. The number of nitrogens with two attached hydrogens (primary N) is 1. The first-order valence-corrected chi connectivity index (χ1v) is 7.67. The summed E-state index contributed by atoms with van der Waals surface area (Å²) < 4.78 is 7.08. The molecule has 1 aromatic carbocycles. The number of benzene rings is 1. The van der Waals surface area contributed by atoms with Gasteiger partial charge in [0, 0.05) is 6.20 Å². The van der Waals surface area contributed by atoms with E-state index < -0.39 is 11.5 Å². The zero-order chi connectivity index (χ0) is 18.7. The highest BCUT2D eigenvalue weighted by molar-refractivity contribution is 6.00. The van der Waals surface area contributed by atoms with Crippen LogP contribution in [0.3, 0.4) is 0 Å². The molecule has 1 amide bonds. The highest BCUT2D eigenvalue weighted by Gasteiger charge is 2.16. The summed E-state index contributed by atoms with van der Waals surface area (Å²) >= 11 is 0. The maximum Gasteiger partial charge on any atom is 0.269 e. The van der Waals surface area contributed by atoms with E-state index in [0.29, 0.717) is 11.4 Å². The van der Waals surface area contributed by atoms with Gasteiger partial charge >= 0.3 is 0 Å². The maximum absolute atomic E-state index is 12.9. The van der Waals surface area contributed by atoms with Crippen LogP contribution in [0.4, 0.5) is 0 Å². The molecule has 0 bridgehead atoms. The standard InChI is InChI=1S/C19H14N4O3/c1-12-6-5-9-23-17(12)22-18(26-14-7-3-2-4-8-14)15(19(23)25)10-13(11-20)16(21)24/h2-10H,1H3,(H2,21,24)/b13-10+. The van der Waals surface area contributed by atoms with Crippen LogP contribution in [-0.4, -0.2) is 15.3 Å². The van der Waals surface area contributed by atoms with Crippen LogP contribution in [0.15, 0.2) is 59.0 Å². The van der Waals surface area contributed by atoms with Crippen LogP contribution in [0.1, 0.15) is 11.1 Å². The maximum atomic E-state index is 12.9. The lowest BCUT2D eigenvalue weighted by molar-refractivity contribution is -0.114. The Morgan fingerprint density at radius 3 is 2.65 bits per heavy atom. The third-order valence-electron chi connectivity index (χ3n) is 3.68. The van der Waals surface area contributed by atoms with Crippen molar-refractivity contribution >= 4 is 17.6 Å². The van der Waals surface area contributed by atoms with Gasteiger partial charge in [-0.15, -0.1) is 0 Å². The summed E-state index contributed by atoms with van der Waals surface area (Å²) in [6, 6.07) is 14.0. The summed E-state index contributed by atoms with van der Waals surface area (Å²) in [4.78, 5) is 28.7. The van der Waals surface area contributed by atoms with Crippen LogP contribution in [0.2, 0.25) is 0 Å². The number of nitriles is 1. The SMILES string of the molecule is Cc1cccn2c(=O)c(/C=C(\C#N)C(N)=O)c(Oc3ccccc3)nc12. The molecular weight excluding hydrogens is 332 g/mol. The molecule has 0 saturated carbocycles. The van der Waals surface area contributed by atoms with E-state index in [1.54, 1.807) is 42.6 Å². The van der Waals surface area contributed by atoms with Crippen LogP contribution >= 0.6 is 0 Å². The molecule has 2 heterocycles. The van der Waals surface area contributed by atoms with Crippen molar-refractivity contribution in [2.24, 2.45) is 5.73 Å². The van der Waals surface area contributed by atoms with Gasteiger partial charge in [0.2, 0.25) is 5.88 Å². The summed E-state index contributed by atoms with van der Waals surface area (Å²) in [5, 5.41) is 9.10. The normalized spacial score (nSPS) is 11.2. The second kappa shape index (κ2) is 6.91. The van der Waals surface area contributed by atoms with Crippen molar-refractivity contribution < 1.29 is 9.53 Å². The molecule has 2 aromatic heterocycles. The van der Waals surface area contributed by atoms with Crippen LogP contribution < -0.4 is 16.0 Å². The quantitative estimate of drug-likeness (QED) is 0.575. The molecule has 0 spiro atoms. The average molecular weight is 346 g/mol. The van der Waals surface area contributed by atoms with E-state index in [1.165, 1.54) is 4.40 Å². The lowest BCUT2D eigenvalue weighted by Gasteiger charge is -2.11. The van der Waals surface area contributed by atoms with Gasteiger partial charge in [0.1, 0.15) is 28.6 Å². The highest BCUT2D eigenvalue weighted by atomic mass is 16.5. The monoisotopic (exact) mass is 346 g/mol. The second-order valence-electron chi connectivity index (χ2n) is 5.47. The second-order valence-corrected chi connectivity index (χ2v) is 5.47. The van der Waals surface area contributed by atoms with Crippen LogP contribution in [0, 0.1) is 18.3 Å². The Kier molecular flexibility index (Phi) is 4.50. The number of aryl methyl sites for hydroxylation is 1. The van der Waals surface area contributed by atoms with E-state index in [-0.39, 0.29) is 17.0 Å². The fraction of sp³-hybridized carbons (Fsp3) is 0.0526. The Balaban J connectivity index is 2.31. The molecule has 26 heavy (non-hydrogen) atoms. The van der Waals surface area contributed by atoms with E-state index in [4.69, 9.17) is 15.7 Å². The van der Waals surface area contributed by atoms with Crippen molar-refractivity contribution in [2.75, 3.05) is 0 Å². The first-order chi connectivity index (χ1) is 12.5. The molecule has 7 nitrogen and oxygen atoms in total. The number of ether oxygens (including phenoxy) is 1. The smallest absolute Gasteiger partial charge is 0.269 e. The van der Waals surface area contributed by atoms with Crippen LogP contribution in [0.25, 0.3) is 11.7 Å². The minimum Gasteiger partial charge on any atom is -0.438 e. The van der Waals surface area contributed by atoms with E-state index in [1.807, 2.05) is 19.1 Å². The molecule has 0 fully saturated rings. The summed E-state index contributed by atoms with van der Waals surface area (Å²) in [5.74, 6) is -0.485. The van der Waals surface area contributed by atoms with E-state index in [9.17, 15) is 9.59 Å². The number of carbonyl (C=O) groups excluding carboxylic acids is 1. The summed E-state index contributed by atoms with van der Waals surface area (Å²) in [7, 11) is 0. The third kappa shape index (κ3) is 3.16. The Labute approximate surface area is 148 Å². The largest absolute Gasteiger partial charge is 0.438 e. The molecule has 0 aliphatic carbocycles. The third-order valence-corrected chi connectivity index (χ3v) is 3.68. The van der Waals surface area contributed by atoms with Gasteiger partial charge in [0.15, 0.2) is 0 Å². The molecular formula is C19H14N4O3. The number of amides is 1. The van der Waals surface area contributed by atoms with Gasteiger partial charge in [-0.25, -0.2) is 0 Å². The minimum atomic E-state index is -0.938. The number of fused-ring (bicyclic) bond motifs is 1. The van der Waals surface area contributed by atoms with Gasteiger partial charge in [0.25, 0.3) is 11.5 Å². The highest BCUT2D eigenvalue weighted by Crippen LogP contribution is 2.24. The molecule has 128 valence electrons. The van der Waals surface area contributed by atoms with Gasteiger partial charge in [0.05, 0.1) is 0 Å². The molecule has 3 aromatic rings. The lowest BCUT2D eigenvalue weighted by Crippen LogP contribution is -2.20. The molecule has 0 aliphatic rings. The first kappa shape index (κ1) is 16.9. The van der Waals surface area contributed by atoms with Crippen molar-refractivity contribution in [3.05, 3.63) is 75.7 Å². The molecule has 3 rings (SSSR count). The number of primary amides is 1. The Morgan fingerprint density at radius 2 is 2.00 bits per heavy atom. The summed E-state index contributed by atoms with van der Waals surface area (Å²) in [6.45, 7) is 1.81. The predicted molar refractivity (Wildman–Crippen MR) is 95.5 cm³/mol. The summed E-state index contributed by atoms with van der Waals surface area (Å²) in [5.41, 5.74) is 5.50. The molecule has 0 unspecified atom stereocenters. The number of pyridine rings is 1. The number of rotatable bonds is 4. The van der Waals surface area contributed by atoms with E-state index in [2.05, 4.69) is 4.98 Å². The van der Waals surface area contributed by atoms with Crippen molar-refractivity contribution in [1.82, 2.24) is 9.38 Å². The van der Waals surface area contributed by atoms with Crippen molar-refractivity contribution in [3.8, 4) is 17.7 Å². The van der Waals surface area contributed by atoms with Crippen molar-refractivity contribution in [1.29, 1.82) is 5.26 Å². The number of carbonyl (C=O) groups is 1. The van der Waals surface area contributed by atoms with Gasteiger partial charge in [-0.1, -0.05) is 24.3 Å². The molecule has 0 atom stereocenters. The zero-order valence-electron chi connectivity index (χ0n) is 13.8. The van der Waals surface area contributed by atoms with E-state index >= 15 is 0 Å². The van der Waals surface area contributed by atoms with Crippen molar-refractivity contribution in [2.45, 2.75) is 6.92 Å². The van der Waals surface area contributed by atoms with Crippen molar-refractivity contribution in [3.63, 3.8) is 0 Å². The number of hydrogen-bond donors (Lipinski definition) is 1. The molecule has 7 heteroatoms. The zero-order valence-corrected chi connectivity index (χ0v) is 13.8. The van der Waals surface area contributed by atoms with Gasteiger partial charge < -0.3 is 10.5 Å². The van der Waals surface area contributed by atoms with Gasteiger partial charge in [-0.2, -0.15) is 10.2 Å². The number of aromatic nitrogens is 2. The topological polar surface area (TPSA) is 110 Å². The minimum absolute atomic E-state index is 0.00972. The number of hydrogen-bond acceptors (Lipinski definition) is 5. The van der Waals surface area contributed by atoms with Gasteiger partial charge in [-0.3, -0.25) is 14.0 Å². The Bertz CT molecular complexity index is 1130. The Morgan fingerprint density at radius 1 is 1.27 bits per heavy atom. The molecule has 0 saturated heterocycles. The average Bonchev–Trinajstić information content (AvgIpc) is 2.63. The van der Waals surface area contributed by atoms with E-state index in [0.717, 1.165) is 11.6 Å². The fourth-order valence-electron chi connectivity index (χ4n) is 2.40. The first-order valence-electron chi connectivity index (χ1n) is 7.67. The predicted octanol–water partition coefficient (Wildman–Crippen LogP) is 2.19. The van der Waals surface area contributed by atoms with Gasteiger partial charge in [-0.05, 0) is 36.8 Å². The Hall–Kier alpha value is -3.92. The number of nitrogens with zero attached hydrogens (tertiary/aromatic N) is 3. The number of para-hydroxylation sites is 1. The van der Waals surface area contributed by atoms with Crippen LogP contribution in [-0.2, 0) is 4.79 Å². The molecule has 2 N–H and O–H groups in total. The molecule has 0 radical (unpaired) electrons. The van der Waals surface area contributed by atoms with Crippen LogP contribution in [0.5, 0.6) is 11.6 Å². The fourth-order valence-corrected chi connectivity index (χ4v) is 2.40. The summed E-state index contributed by atoms with van der Waals surface area (Å²) in [6.07, 6.45) is 2.66. The molecule has 0 aliphatic heterocycles.